The Labute approximate surface area is 408 Å². The molecule has 1 fully saturated rings. The number of hydrogen-bond acceptors (Lipinski definition) is 6. The van der Waals surface area contributed by atoms with E-state index in [1.165, 1.54) is 57.6 Å². The number of fused-ring (bicyclic) bond motifs is 7. The number of methoxy groups -OCH3 is 1. The number of Topliss-reactive ketones (excluding diaryl/α,β-unsaturated/α-hetero) is 1. The number of ketones is 1. The number of aldehydes is 1. The van der Waals surface area contributed by atoms with Crippen LogP contribution in [0.25, 0.3) is 35.2 Å². The fourth-order valence-electron chi connectivity index (χ4n) is 10.1. The Kier molecular flexibility index (Phi) is 18.6. The number of ether oxygens (including phenoxy) is 2. The number of allylic oxidation sites excluding steroid dienone is 3. The van der Waals surface area contributed by atoms with E-state index >= 15 is 0 Å². The molecule has 350 valence electrons. The first-order valence-corrected chi connectivity index (χ1v) is 24.0. The van der Waals surface area contributed by atoms with Crippen LogP contribution in [0.3, 0.4) is 0 Å². The van der Waals surface area contributed by atoms with Gasteiger partial charge in [0, 0.05) is 17.5 Å². The minimum atomic E-state index is -1.28. The summed E-state index contributed by atoms with van der Waals surface area (Å²) in [7, 11) is 1.27. The summed E-state index contributed by atoms with van der Waals surface area (Å²) in [6, 6.07) is 0. The molecule has 3 aliphatic rings. The number of aromatic nitrogens is 3. The van der Waals surface area contributed by atoms with Gasteiger partial charge in [-0.2, -0.15) is 11.4 Å². The molecule has 6 rings (SSSR count). The first-order chi connectivity index (χ1) is 31.1. The SMILES string of the molecule is C=Cc1c2[n-]c(c1C=O)/C=C1\[N-]/C(=C3\c4[n-]c(c(C)c4C(=O)[C@@H]3C(=O)OC)/C=c3\[n-]/c(c(C)c3CC)=C\2)[C@@H](CCC(=O)OC/C=C(\C)CCC[C@H](C)CCC[C@H](C)CCCC(C)C)[C@@H]1C.[Mg+2]. The van der Waals surface area contributed by atoms with Gasteiger partial charge in [0.05, 0.1) is 7.11 Å². The third-order valence-electron chi connectivity index (χ3n) is 14.1. The van der Waals surface area contributed by atoms with Gasteiger partial charge in [0.1, 0.15) is 18.8 Å². The van der Waals surface area contributed by atoms with E-state index in [9.17, 15) is 19.2 Å². The Hall–Kier alpha value is -4.61. The monoisotopic (exact) mass is 907 g/mol. The normalized spacial score (nSPS) is 21.4. The smallest absolute Gasteiger partial charge is 0.664 e. The number of carbonyl (C=O) groups excluding carboxylic acids is 4. The van der Waals surface area contributed by atoms with Crippen molar-refractivity contribution in [1.29, 1.82) is 0 Å². The molecule has 11 heteroatoms. The number of rotatable bonds is 21. The van der Waals surface area contributed by atoms with Crippen LogP contribution in [0, 0.1) is 49.4 Å². The van der Waals surface area contributed by atoms with Crippen molar-refractivity contribution in [2.75, 3.05) is 13.7 Å². The van der Waals surface area contributed by atoms with E-state index in [0.29, 0.717) is 91.5 Å². The van der Waals surface area contributed by atoms with Gasteiger partial charge in [0.15, 0.2) is 5.78 Å². The maximum Gasteiger partial charge on any atom is 2.00 e. The Morgan fingerprint density at radius 1 is 0.848 bits per heavy atom. The predicted octanol–water partition coefficient (Wildman–Crippen LogP) is 9.87. The van der Waals surface area contributed by atoms with Gasteiger partial charge in [-0.05, 0) is 87.7 Å². The molecule has 5 atom stereocenters. The van der Waals surface area contributed by atoms with Gasteiger partial charge >= 0.3 is 35.0 Å². The fourth-order valence-corrected chi connectivity index (χ4v) is 10.1. The second kappa shape index (κ2) is 23.4. The molecular weight excluding hydrogens is 837 g/mol. The van der Waals surface area contributed by atoms with Crippen molar-refractivity contribution < 1.29 is 28.7 Å². The van der Waals surface area contributed by atoms with E-state index in [2.05, 4.69) is 48.1 Å². The zero-order valence-electron chi connectivity index (χ0n) is 41.3. The van der Waals surface area contributed by atoms with Crippen LogP contribution in [-0.2, 0) is 25.5 Å². The quantitative estimate of drug-likeness (QED) is 0.0336. The van der Waals surface area contributed by atoms with E-state index < -0.39 is 23.6 Å². The van der Waals surface area contributed by atoms with Crippen molar-refractivity contribution in [3.63, 3.8) is 0 Å². The summed E-state index contributed by atoms with van der Waals surface area (Å²) in [5, 5.41) is 6.58. The van der Waals surface area contributed by atoms with E-state index in [4.69, 9.17) is 29.7 Å². The van der Waals surface area contributed by atoms with E-state index in [1.807, 2.05) is 39.0 Å². The van der Waals surface area contributed by atoms with Gasteiger partial charge in [-0.3, -0.25) is 19.2 Å². The molecule has 0 aromatic carbocycles. The van der Waals surface area contributed by atoms with Gasteiger partial charge in [-0.25, -0.2) is 0 Å². The standard InChI is InChI=1S/C55H72N4O6.Mg/c1-12-38-35(8)42-27-46-39(13-2)41(30-60)47(57-46)28-43-36(9)40(52(58-43)50-51(55(63)64-11)54(62)49-37(10)44(59-53(49)50)29-45(38)56-42)23-24-48(61)65-26-25-34(7)22-16-21-33(6)20-15-19-32(5)18-14-17-31(3)4;/h13,25,27-33,36,40,51H,2,12,14-24,26H2,1,3-11H3,(H2-,57,58,59,60,62);/q-2;+2/p-2/b34-25+,42-27-,45-29-;/t32-,33-,36+,40+,51-;/m1./s1. The Bertz CT molecular complexity index is 2510. The Morgan fingerprint density at radius 3 is 2.14 bits per heavy atom. The molecule has 0 amide bonds. The van der Waals surface area contributed by atoms with Gasteiger partial charge in [-0.15, -0.1) is 33.5 Å². The van der Waals surface area contributed by atoms with Crippen LogP contribution in [0.4, 0.5) is 0 Å². The van der Waals surface area contributed by atoms with Crippen LogP contribution in [0.5, 0.6) is 0 Å². The molecule has 8 bridgehead atoms. The van der Waals surface area contributed by atoms with E-state index in [-0.39, 0.29) is 48.0 Å². The van der Waals surface area contributed by atoms with Crippen molar-refractivity contribution in [2.24, 2.45) is 35.5 Å². The molecule has 5 heterocycles. The second-order valence-corrected chi connectivity index (χ2v) is 19.3. The van der Waals surface area contributed by atoms with Crippen LogP contribution in [0.15, 0.2) is 29.6 Å². The second-order valence-electron chi connectivity index (χ2n) is 19.3. The van der Waals surface area contributed by atoms with Crippen molar-refractivity contribution in [2.45, 2.75) is 139 Å². The molecule has 3 aromatic heterocycles. The molecule has 0 saturated carbocycles. The molecular formula is C55H70MgN4O6-2. The molecule has 0 spiro atoms. The minimum Gasteiger partial charge on any atom is -0.664 e. The van der Waals surface area contributed by atoms with Gasteiger partial charge < -0.3 is 29.7 Å². The maximum atomic E-state index is 14.4. The molecule has 10 nitrogen and oxygen atoms in total. The van der Waals surface area contributed by atoms with Crippen LogP contribution in [0.2, 0.25) is 0 Å². The molecule has 1 aliphatic carbocycles. The fraction of sp³-hybridized carbons (Fsp3) is 0.527. The number of hydrogen-bond donors (Lipinski definition) is 0. The first kappa shape index (κ1) is 52.4. The van der Waals surface area contributed by atoms with Gasteiger partial charge in [0.25, 0.3) is 0 Å². The summed E-state index contributed by atoms with van der Waals surface area (Å²) in [6.45, 7) is 23.6. The predicted molar refractivity (Wildman–Crippen MR) is 265 cm³/mol. The van der Waals surface area contributed by atoms with Gasteiger partial charge in [0.2, 0.25) is 0 Å². The molecule has 2 aliphatic heterocycles. The topological polar surface area (TPSA) is 143 Å². The van der Waals surface area contributed by atoms with Gasteiger partial charge in [-0.1, -0.05) is 145 Å². The largest absolute Gasteiger partial charge is 2.00 e. The summed E-state index contributed by atoms with van der Waals surface area (Å²) in [5.74, 6) is -1.14. The molecule has 3 aromatic rings. The van der Waals surface area contributed by atoms with Crippen LogP contribution in [-0.4, -0.2) is 60.8 Å². The van der Waals surface area contributed by atoms with Crippen molar-refractivity contribution in [1.82, 2.24) is 15.0 Å². The first-order valence-electron chi connectivity index (χ1n) is 24.0. The van der Waals surface area contributed by atoms with E-state index in [0.717, 1.165) is 42.1 Å². The number of carbonyl (C=O) groups is 4. The summed E-state index contributed by atoms with van der Waals surface area (Å²) in [6.07, 6.45) is 22.2. The summed E-state index contributed by atoms with van der Waals surface area (Å²) in [4.78, 5) is 69.1. The summed E-state index contributed by atoms with van der Waals surface area (Å²) < 4.78 is 11.0. The third-order valence-corrected chi connectivity index (χ3v) is 14.1. The zero-order chi connectivity index (χ0) is 47.1. The Morgan fingerprint density at radius 2 is 1.50 bits per heavy atom. The van der Waals surface area contributed by atoms with Crippen LogP contribution < -0.4 is 25.7 Å². The van der Waals surface area contributed by atoms with Crippen molar-refractivity contribution in [3.8, 4) is 0 Å². The zero-order valence-corrected chi connectivity index (χ0v) is 42.7. The average molecular weight is 907 g/mol. The maximum absolute atomic E-state index is 14.4. The minimum absolute atomic E-state index is 0. The van der Waals surface area contributed by atoms with E-state index in [1.54, 1.807) is 12.2 Å². The molecule has 0 radical (unpaired) electrons. The summed E-state index contributed by atoms with van der Waals surface area (Å²) in [5.41, 5.74) is 8.58. The van der Waals surface area contributed by atoms with Crippen molar-refractivity contribution in [3.05, 3.63) is 102 Å². The molecule has 0 N–H and O–H groups in total. The number of nitrogens with zero attached hydrogens (tertiary/aromatic N) is 4. The van der Waals surface area contributed by atoms with Crippen LogP contribution >= 0.6 is 0 Å². The molecule has 1 saturated heterocycles. The third kappa shape index (κ3) is 11.6. The molecule has 66 heavy (non-hydrogen) atoms. The number of esters is 2. The molecule has 0 unspecified atom stereocenters. The van der Waals surface area contributed by atoms with Crippen molar-refractivity contribution >= 4 is 76.9 Å². The Balaban J connectivity index is 0.00000817. The van der Waals surface area contributed by atoms with Crippen LogP contribution in [0.1, 0.15) is 185 Å². The summed E-state index contributed by atoms with van der Waals surface area (Å²) >= 11 is 0. The average Bonchev–Trinajstić information content (AvgIpc) is 4.02.